The molecule has 0 amide bonds. The summed E-state index contributed by atoms with van der Waals surface area (Å²) in [6.45, 7) is 17.0. The minimum absolute atomic E-state index is 0.213. The molecule has 1 fully saturated rings. The molecule has 0 saturated carbocycles. The van der Waals surface area contributed by atoms with Gasteiger partial charge in [0, 0.05) is 30.7 Å². The largest absolute Gasteiger partial charge is 0.308 e. The van der Waals surface area contributed by atoms with Gasteiger partial charge in [-0.3, -0.25) is 4.90 Å². The summed E-state index contributed by atoms with van der Waals surface area (Å²) in [7, 11) is 0. The molecule has 1 heterocycles. The van der Waals surface area contributed by atoms with Crippen molar-refractivity contribution in [3.8, 4) is 0 Å². The number of rotatable bonds is 3. The van der Waals surface area contributed by atoms with Crippen molar-refractivity contribution < 1.29 is 0 Å². The summed E-state index contributed by atoms with van der Waals surface area (Å²) >= 11 is 0. The van der Waals surface area contributed by atoms with Crippen LogP contribution in [-0.4, -0.2) is 29.1 Å². The van der Waals surface area contributed by atoms with Crippen molar-refractivity contribution in [2.75, 3.05) is 13.1 Å². The first-order valence-corrected chi connectivity index (χ1v) is 7.82. The maximum absolute atomic E-state index is 3.74. The standard InChI is InChI=1S/C18H30N2/c1-7-18(6)13-20(17(4,5)12-19-18)11-16-10-14(2)8-9-15(16)3/h8-10,19H,7,11-13H2,1-6H3. The van der Waals surface area contributed by atoms with Gasteiger partial charge in [-0.25, -0.2) is 0 Å². The topological polar surface area (TPSA) is 15.3 Å². The van der Waals surface area contributed by atoms with Crippen LogP contribution in [0.3, 0.4) is 0 Å². The van der Waals surface area contributed by atoms with E-state index in [1.807, 2.05) is 0 Å². The molecule has 1 atom stereocenters. The average Bonchev–Trinajstić information content (AvgIpc) is 2.39. The van der Waals surface area contributed by atoms with Gasteiger partial charge in [-0.05, 0) is 52.2 Å². The first-order chi connectivity index (χ1) is 9.26. The molecule has 1 saturated heterocycles. The average molecular weight is 274 g/mol. The second-order valence-electron chi connectivity index (χ2n) is 7.37. The molecule has 0 aromatic heterocycles. The van der Waals surface area contributed by atoms with Crippen molar-refractivity contribution in [2.45, 2.75) is 65.6 Å². The molecule has 0 radical (unpaired) electrons. The van der Waals surface area contributed by atoms with E-state index in [0.29, 0.717) is 0 Å². The first-order valence-electron chi connectivity index (χ1n) is 7.82. The maximum Gasteiger partial charge on any atom is 0.0282 e. The molecule has 1 aliphatic rings. The normalized spacial score (nSPS) is 26.7. The maximum atomic E-state index is 3.74. The Bertz CT molecular complexity index is 478. The van der Waals surface area contributed by atoms with E-state index in [9.17, 15) is 0 Å². The third-order valence-corrected chi connectivity index (χ3v) is 4.99. The van der Waals surface area contributed by atoms with Crippen molar-refractivity contribution in [1.29, 1.82) is 0 Å². The van der Waals surface area contributed by atoms with Crippen LogP contribution in [0, 0.1) is 13.8 Å². The highest BCUT2D eigenvalue weighted by atomic mass is 15.3. The number of hydrogen-bond donors (Lipinski definition) is 1. The van der Waals surface area contributed by atoms with Crippen molar-refractivity contribution in [2.24, 2.45) is 0 Å². The summed E-state index contributed by atoms with van der Waals surface area (Å²) in [6.07, 6.45) is 1.17. The van der Waals surface area contributed by atoms with Gasteiger partial charge in [0.25, 0.3) is 0 Å². The Kier molecular flexibility index (Phi) is 4.27. The summed E-state index contributed by atoms with van der Waals surface area (Å²) < 4.78 is 0. The Hall–Kier alpha value is -0.860. The molecule has 2 nitrogen and oxygen atoms in total. The van der Waals surface area contributed by atoms with Crippen molar-refractivity contribution in [3.05, 3.63) is 34.9 Å². The Labute approximate surface area is 124 Å². The highest BCUT2D eigenvalue weighted by Crippen LogP contribution is 2.28. The summed E-state index contributed by atoms with van der Waals surface area (Å²) in [5.41, 5.74) is 4.69. The van der Waals surface area contributed by atoms with E-state index in [4.69, 9.17) is 0 Å². The first kappa shape index (κ1) is 15.5. The smallest absolute Gasteiger partial charge is 0.0282 e. The van der Waals surface area contributed by atoms with Crippen molar-refractivity contribution >= 4 is 0 Å². The number of aryl methyl sites for hydroxylation is 2. The fraction of sp³-hybridized carbons (Fsp3) is 0.667. The van der Waals surface area contributed by atoms with Gasteiger partial charge >= 0.3 is 0 Å². The Morgan fingerprint density at radius 3 is 2.55 bits per heavy atom. The molecule has 0 aliphatic carbocycles. The van der Waals surface area contributed by atoms with Gasteiger partial charge < -0.3 is 5.32 Å². The van der Waals surface area contributed by atoms with Crippen LogP contribution in [0.2, 0.25) is 0 Å². The van der Waals surface area contributed by atoms with E-state index in [-0.39, 0.29) is 11.1 Å². The lowest BCUT2D eigenvalue weighted by molar-refractivity contribution is 0.0244. The molecule has 2 heteroatoms. The summed E-state index contributed by atoms with van der Waals surface area (Å²) in [5, 5.41) is 3.74. The molecule has 20 heavy (non-hydrogen) atoms. The molecule has 1 aromatic rings. The Balaban J connectivity index is 2.22. The third-order valence-electron chi connectivity index (χ3n) is 4.99. The van der Waals surface area contributed by atoms with E-state index in [0.717, 1.165) is 19.6 Å². The number of nitrogens with one attached hydrogen (secondary N) is 1. The third kappa shape index (κ3) is 3.24. The summed E-state index contributed by atoms with van der Waals surface area (Å²) in [6, 6.07) is 6.80. The van der Waals surface area contributed by atoms with Gasteiger partial charge in [0.15, 0.2) is 0 Å². The number of hydrogen-bond acceptors (Lipinski definition) is 2. The minimum atomic E-state index is 0.213. The molecule has 1 unspecified atom stereocenters. The monoisotopic (exact) mass is 274 g/mol. The van der Waals surface area contributed by atoms with Crippen LogP contribution in [0.4, 0.5) is 0 Å². The van der Waals surface area contributed by atoms with Gasteiger partial charge in [0.05, 0.1) is 0 Å². The van der Waals surface area contributed by atoms with Crippen LogP contribution < -0.4 is 5.32 Å². The molecule has 112 valence electrons. The zero-order valence-corrected chi connectivity index (χ0v) is 14.0. The zero-order chi connectivity index (χ0) is 15.0. The lowest BCUT2D eigenvalue weighted by Crippen LogP contribution is -2.66. The molecular formula is C18H30N2. The lowest BCUT2D eigenvalue weighted by atomic mass is 9.87. The van der Waals surface area contributed by atoms with E-state index >= 15 is 0 Å². The molecule has 1 aromatic carbocycles. The van der Waals surface area contributed by atoms with Crippen LogP contribution in [0.1, 0.15) is 50.8 Å². The predicted octanol–water partition coefficient (Wildman–Crippen LogP) is 3.66. The van der Waals surface area contributed by atoms with Crippen LogP contribution in [-0.2, 0) is 6.54 Å². The van der Waals surface area contributed by atoms with Crippen LogP contribution >= 0.6 is 0 Å². The minimum Gasteiger partial charge on any atom is -0.308 e. The lowest BCUT2D eigenvalue weighted by Gasteiger charge is -2.51. The summed E-state index contributed by atoms with van der Waals surface area (Å²) in [5.74, 6) is 0. The van der Waals surface area contributed by atoms with Crippen molar-refractivity contribution in [1.82, 2.24) is 10.2 Å². The number of piperazine rings is 1. The SMILES string of the molecule is CCC1(C)CN(Cc2cc(C)ccc2C)C(C)(C)CN1. The fourth-order valence-corrected chi connectivity index (χ4v) is 2.92. The van der Waals surface area contributed by atoms with Gasteiger partial charge in [0.1, 0.15) is 0 Å². The van der Waals surface area contributed by atoms with Crippen LogP contribution in [0.15, 0.2) is 18.2 Å². The molecule has 0 spiro atoms. The Morgan fingerprint density at radius 2 is 1.90 bits per heavy atom. The summed E-state index contributed by atoms with van der Waals surface area (Å²) in [4.78, 5) is 2.65. The van der Waals surface area contributed by atoms with Crippen LogP contribution in [0.5, 0.6) is 0 Å². The van der Waals surface area contributed by atoms with E-state index in [2.05, 4.69) is 70.0 Å². The second kappa shape index (κ2) is 5.50. The van der Waals surface area contributed by atoms with E-state index in [1.165, 1.54) is 23.1 Å². The molecule has 2 rings (SSSR count). The van der Waals surface area contributed by atoms with Gasteiger partial charge in [-0.2, -0.15) is 0 Å². The molecular weight excluding hydrogens is 244 g/mol. The fourth-order valence-electron chi connectivity index (χ4n) is 2.92. The number of nitrogens with zero attached hydrogens (tertiary/aromatic N) is 1. The quantitative estimate of drug-likeness (QED) is 0.905. The van der Waals surface area contributed by atoms with E-state index in [1.54, 1.807) is 0 Å². The van der Waals surface area contributed by atoms with Gasteiger partial charge in [-0.1, -0.05) is 30.7 Å². The van der Waals surface area contributed by atoms with Gasteiger partial charge in [-0.15, -0.1) is 0 Å². The molecule has 1 aliphatic heterocycles. The van der Waals surface area contributed by atoms with Crippen LogP contribution in [0.25, 0.3) is 0 Å². The highest BCUT2D eigenvalue weighted by molar-refractivity contribution is 5.30. The Morgan fingerprint density at radius 1 is 1.20 bits per heavy atom. The molecule has 0 bridgehead atoms. The van der Waals surface area contributed by atoms with E-state index < -0.39 is 0 Å². The molecule has 1 N–H and O–H groups in total. The van der Waals surface area contributed by atoms with Crippen molar-refractivity contribution in [3.63, 3.8) is 0 Å². The predicted molar refractivity (Wildman–Crippen MR) is 87.1 cm³/mol. The van der Waals surface area contributed by atoms with Gasteiger partial charge in [0.2, 0.25) is 0 Å². The number of benzene rings is 1. The zero-order valence-electron chi connectivity index (χ0n) is 14.0. The highest BCUT2D eigenvalue weighted by Gasteiger charge is 2.38. The second-order valence-corrected chi connectivity index (χ2v) is 7.37.